The van der Waals surface area contributed by atoms with Gasteiger partial charge in [-0.25, -0.2) is 4.79 Å². The molecular formula is C19H24N4O3. The normalized spacial score (nSPS) is 11.7. The van der Waals surface area contributed by atoms with Crippen molar-refractivity contribution in [2.45, 2.75) is 6.04 Å². The Labute approximate surface area is 153 Å². The Hall–Kier alpha value is -3.06. The van der Waals surface area contributed by atoms with E-state index >= 15 is 0 Å². The molecule has 0 spiro atoms. The topological polar surface area (TPSA) is 96.7 Å². The number of anilines is 1. The summed E-state index contributed by atoms with van der Waals surface area (Å²) in [4.78, 5) is 25.2. The standard InChI is InChI=1S/C19H24N4O3/c1-23(2)17(13-6-10-16(26-3)11-7-13)12-21-18(24)14-4-8-15(9-5-14)22-19(20)25/h4-11,17H,12H2,1-3H3,(H,21,24)(H3,20,22,25). The van der Waals surface area contributed by atoms with Crippen LogP contribution in [0.5, 0.6) is 5.75 Å². The molecule has 0 aliphatic carbocycles. The molecule has 138 valence electrons. The van der Waals surface area contributed by atoms with Crippen LogP contribution in [-0.2, 0) is 0 Å². The van der Waals surface area contributed by atoms with Crippen molar-refractivity contribution in [3.8, 4) is 5.75 Å². The van der Waals surface area contributed by atoms with Gasteiger partial charge in [0.2, 0.25) is 0 Å². The monoisotopic (exact) mass is 356 g/mol. The number of primary amides is 1. The summed E-state index contributed by atoms with van der Waals surface area (Å²) in [6.45, 7) is 0.458. The maximum Gasteiger partial charge on any atom is 0.316 e. The number of rotatable bonds is 7. The Morgan fingerprint density at radius 2 is 1.69 bits per heavy atom. The van der Waals surface area contributed by atoms with Gasteiger partial charge in [0.15, 0.2) is 0 Å². The number of carbonyl (C=O) groups excluding carboxylic acids is 2. The molecule has 0 radical (unpaired) electrons. The molecule has 0 saturated carbocycles. The molecule has 0 fully saturated rings. The predicted molar refractivity (Wildman–Crippen MR) is 101 cm³/mol. The molecule has 4 N–H and O–H groups in total. The van der Waals surface area contributed by atoms with E-state index in [1.165, 1.54) is 0 Å². The summed E-state index contributed by atoms with van der Waals surface area (Å²) in [5.41, 5.74) is 7.19. The Kier molecular flexibility index (Phi) is 6.57. The number of hydrogen-bond acceptors (Lipinski definition) is 4. The second-order valence-electron chi connectivity index (χ2n) is 6.03. The van der Waals surface area contributed by atoms with Gasteiger partial charge in [-0.15, -0.1) is 0 Å². The van der Waals surface area contributed by atoms with E-state index in [0.717, 1.165) is 11.3 Å². The number of hydrogen-bond donors (Lipinski definition) is 3. The number of amides is 3. The van der Waals surface area contributed by atoms with Crippen molar-refractivity contribution in [1.82, 2.24) is 10.2 Å². The van der Waals surface area contributed by atoms with E-state index in [9.17, 15) is 9.59 Å². The maximum atomic E-state index is 12.4. The second-order valence-corrected chi connectivity index (χ2v) is 6.03. The number of urea groups is 1. The van der Waals surface area contributed by atoms with Gasteiger partial charge in [0.1, 0.15) is 5.75 Å². The van der Waals surface area contributed by atoms with E-state index in [1.54, 1.807) is 31.4 Å². The van der Waals surface area contributed by atoms with Crippen LogP contribution in [0.4, 0.5) is 10.5 Å². The molecule has 0 aromatic heterocycles. The van der Waals surface area contributed by atoms with Crippen molar-refractivity contribution >= 4 is 17.6 Å². The van der Waals surface area contributed by atoms with E-state index in [0.29, 0.717) is 17.8 Å². The van der Waals surface area contributed by atoms with Crippen molar-refractivity contribution < 1.29 is 14.3 Å². The molecule has 0 aliphatic rings. The molecule has 7 nitrogen and oxygen atoms in total. The fourth-order valence-corrected chi connectivity index (χ4v) is 2.56. The Bertz CT molecular complexity index is 742. The first-order chi connectivity index (χ1) is 12.4. The van der Waals surface area contributed by atoms with Gasteiger partial charge >= 0.3 is 6.03 Å². The van der Waals surface area contributed by atoms with Gasteiger partial charge < -0.3 is 26.0 Å². The number of nitrogens with two attached hydrogens (primary N) is 1. The Morgan fingerprint density at radius 1 is 1.08 bits per heavy atom. The van der Waals surface area contributed by atoms with Crippen LogP contribution in [0.3, 0.4) is 0 Å². The zero-order valence-corrected chi connectivity index (χ0v) is 15.2. The first-order valence-corrected chi connectivity index (χ1v) is 8.16. The molecule has 2 aromatic carbocycles. The highest BCUT2D eigenvalue weighted by Gasteiger charge is 2.16. The maximum absolute atomic E-state index is 12.4. The Balaban J connectivity index is 2.01. The van der Waals surface area contributed by atoms with Crippen molar-refractivity contribution in [3.63, 3.8) is 0 Å². The number of benzene rings is 2. The van der Waals surface area contributed by atoms with Gasteiger partial charge in [0.05, 0.1) is 13.2 Å². The average molecular weight is 356 g/mol. The van der Waals surface area contributed by atoms with Crippen LogP contribution in [-0.4, -0.2) is 44.6 Å². The number of likely N-dealkylation sites (N-methyl/N-ethyl adjacent to an activating group) is 1. The zero-order valence-electron chi connectivity index (χ0n) is 15.2. The number of carbonyl (C=O) groups is 2. The van der Waals surface area contributed by atoms with Crippen molar-refractivity contribution in [3.05, 3.63) is 59.7 Å². The lowest BCUT2D eigenvalue weighted by molar-refractivity contribution is 0.0942. The highest BCUT2D eigenvalue weighted by atomic mass is 16.5. The van der Waals surface area contributed by atoms with E-state index in [-0.39, 0.29) is 11.9 Å². The summed E-state index contributed by atoms with van der Waals surface area (Å²) in [7, 11) is 5.56. The first-order valence-electron chi connectivity index (χ1n) is 8.16. The van der Waals surface area contributed by atoms with Crippen LogP contribution >= 0.6 is 0 Å². The second kappa shape index (κ2) is 8.87. The van der Waals surface area contributed by atoms with Gasteiger partial charge in [-0.2, -0.15) is 0 Å². The number of methoxy groups -OCH3 is 1. The largest absolute Gasteiger partial charge is 0.497 e. The third kappa shape index (κ3) is 5.22. The molecule has 0 saturated heterocycles. The van der Waals surface area contributed by atoms with Crippen LogP contribution in [0.2, 0.25) is 0 Å². The van der Waals surface area contributed by atoms with Crippen LogP contribution in [0.25, 0.3) is 0 Å². The third-order valence-electron chi connectivity index (χ3n) is 3.99. The van der Waals surface area contributed by atoms with Crippen LogP contribution in [0, 0.1) is 0 Å². The van der Waals surface area contributed by atoms with E-state index in [4.69, 9.17) is 10.5 Å². The molecule has 2 rings (SSSR count). The van der Waals surface area contributed by atoms with E-state index in [1.807, 2.05) is 43.3 Å². The van der Waals surface area contributed by atoms with Gasteiger partial charge in [-0.1, -0.05) is 12.1 Å². The SMILES string of the molecule is COc1ccc(C(CNC(=O)c2ccc(NC(N)=O)cc2)N(C)C)cc1. The van der Waals surface area contributed by atoms with Crippen molar-refractivity contribution in [1.29, 1.82) is 0 Å². The molecule has 2 aromatic rings. The molecule has 26 heavy (non-hydrogen) atoms. The minimum absolute atomic E-state index is 0.0284. The quantitative estimate of drug-likeness (QED) is 0.709. The van der Waals surface area contributed by atoms with E-state index in [2.05, 4.69) is 10.6 Å². The van der Waals surface area contributed by atoms with Gasteiger partial charge in [0.25, 0.3) is 5.91 Å². The Morgan fingerprint density at radius 3 is 2.19 bits per heavy atom. The lowest BCUT2D eigenvalue weighted by Crippen LogP contribution is -2.34. The molecule has 1 atom stereocenters. The first kappa shape index (κ1) is 19.3. The van der Waals surface area contributed by atoms with Crippen molar-refractivity contribution in [2.24, 2.45) is 5.73 Å². The average Bonchev–Trinajstić information content (AvgIpc) is 2.62. The summed E-state index contributed by atoms with van der Waals surface area (Å²) in [6.07, 6.45) is 0. The minimum Gasteiger partial charge on any atom is -0.497 e. The third-order valence-corrected chi connectivity index (χ3v) is 3.99. The van der Waals surface area contributed by atoms with Gasteiger partial charge in [-0.3, -0.25) is 4.79 Å². The lowest BCUT2D eigenvalue weighted by atomic mass is 10.1. The molecule has 1 unspecified atom stereocenters. The number of nitrogens with one attached hydrogen (secondary N) is 2. The molecular weight excluding hydrogens is 332 g/mol. The zero-order chi connectivity index (χ0) is 19.1. The summed E-state index contributed by atoms with van der Waals surface area (Å²) in [5.74, 6) is 0.607. The highest BCUT2D eigenvalue weighted by Crippen LogP contribution is 2.21. The fraction of sp³-hybridized carbons (Fsp3) is 0.263. The van der Waals surface area contributed by atoms with E-state index < -0.39 is 6.03 Å². The summed E-state index contributed by atoms with van der Waals surface area (Å²) in [6, 6.07) is 13.7. The predicted octanol–water partition coefficient (Wildman–Crippen LogP) is 2.22. The van der Waals surface area contributed by atoms with Gasteiger partial charge in [0, 0.05) is 17.8 Å². The number of ether oxygens (including phenoxy) is 1. The smallest absolute Gasteiger partial charge is 0.316 e. The molecule has 0 heterocycles. The minimum atomic E-state index is -0.643. The lowest BCUT2D eigenvalue weighted by Gasteiger charge is -2.25. The summed E-state index contributed by atoms with van der Waals surface area (Å²) >= 11 is 0. The summed E-state index contributed by atoms with van der Waals surface area (Å²) in [5, 5.41) is 5.40. The highest BCUT2D eigenvalue weighted by molar-refractivity contribution is 5.95. The molecule has 0 bridgehead atoms. The van der Waals surface area contributed by atoms with Crippen LogP contribution < -0.4 is 21.1 Å². The van der Waals surface area contributed by atoms with Crippen molar-refractivity contribution in [2.75, 3.05) is 33.1 Å². The summed E-state index contributed by atoms with van der Waals surface area (Å²) < 4.78 is 5.18. The van der Waals surface area contributed by atoms with Gasteiger partial charge in [-0.05, 0) is 56.1 Å². The van der Waals surface area contributed by atoms with Crippen LogP contribution in [0.1, 0.15) is 22.0 Å². The number of nitrogens with zero attached hydrogens (tertiary/aromatic N) is 1. The van der Waals surface area contributed by atoms with Crippen LogP contribution in [0.15, 0.2) is 48.5 Å². The fourth-order valence-electron chi connectivity index (χ4n) is 2.56. The molecule has 0 aliphatic heterocycles. The molecule has 3 amide bonds. The molecule has 7 heteroatoms.